The molecule has 21 heavy (non-hydrogen) atoms. The molecule has 0 atom stereocenters. The summed E-state index contributed by atoms with van der Waals surface area (Å²) < 4.78 is 8.48. The number of hydrogen-bond donors (Lipinski definition) is 1. The molecular weight excluding hydrogens is 274 g/mol. The van der Waals surface area contributed by atoms with Crippen molar-refractivity contribution in [2.75, 3.05) is 0 Å². The minimum Gasteiger partial charge on any atom is -0.480 e. The molecule has 0 radical (unpaired) electrons. The zero-order chi connectivity index (χ0) is 15.3. The van der Waals surface area contributed by atoms with E-state index in [2.05, 4.69) is 5.10 Å². The Balaban J connectivity index is 2.45. The van der Waals surface area contributed by atoms with Gasteiger partial charge in [-0.05, 0) is 20.8 Å². The first-order valence-corrected chi connectivity index (χ1v) is 6.62. The van der Waals surface area contributed by atoms with Gasteiger partial charge in [0.1, 0.15) is 17.8 Å². The summed E-state index contributed by atoms with van der Waals surface area (Å²) in [4.78, 5) is 23.3. The van der Waals surface area contributed by atoms with E-state index in [1.54, 1.807) is 0 Å². The number of fused-ring (bicyclic) bond motifs is 3. The third-order valence-electron chi connectivity index (χ3n) is 3.40. The topological polar surface area (TPSA) is 90.3 Å². The molecule has 0 aliphatic carbocycles. The largest absolute Gasteiger partial charge is 0.480 e. The van der Waals surface area contributed by atoms with Crippen LogP contribution in [-0.4, -0.2) is 25.4 Å². The van der Waals surface area contributed by atoms with Crippen LogP contribution in [0, 0.1) is 6.92 Å². The monoisotopic (exact) mass is 289 g/mol. The van der Waals surface area contributed by atoms with E-state index in [-0.39, 0.29) is 6.04 Å². The van der Waals surface area contributed by atoms with Crippen LogP contribution in [0.3, 0.4) is 0 Å². The molecule has 0 spiro atoms. The Morgan fingerprint density at radius 1 is 1.48 bits per heavy atom. The van der Waals surface area contributed by atoms with Crippen molar-refractivity contribution in [2.24, 2.45) is 0 Å². The summed E-state index contributed by atoms with van der Waals surface area (Å²) in [5, 5.41) is 13.4. The fourth-order valence-electron chi connectivity index (χ4n) is 2.65. The van der Waals surface area contributed by atoms with Gasteiger partial charge in [-0.2, -0.15) is 5.10 Å². The van der Waals surface area contributed by atoms with E-state index in [9.17, 15) is 9.59 Å². The zero-order valence-electron chi connectivity index (χ0n) is 12.0. The number of carbonyl (C=O) groups is 1. The molecule has 7 nitrogen and oxygen atoms in total. The number of furan rings is 1. The van der Waals surface area contributed by atoms with Crippen molar-refractivity contribution in [3.8, 4) is 0 Å². The Kier molecular flexibility index (Phi) is 2.86. The summed E-state index contributed by atoms with van der Waals surface area (Å²) in [7, 11) is 0. The lowest BCUT2D eigenvalue weighted by Gasteiger charge is -2.10. The molecule has 1 N–H and O–H groups in total. The van der Waals surface area contributed by atoms with Crippen LogP contribution in [0.4, 0.5) is 0 Å². The summed E-state index contributed by atoms with van der Waals surface area (Å²) in [6.07, 6.45) is 1.49. The molecule has 3 heterocycles. The normalized spacial score (nSPS) is 11.8. The summed E-state index contributed by atoms with van der Waals surface area (Å²) >= 11 is 0. The van der Waals surface area contributed by atoms with Gasteiger partial charge in [0.2, 0.25) is 0 Å². The number of hydrogen-bond acceptors (Lipinski definition) is 4. The Bertz CT molecular complexity index is 914. The molecule has 0 aromatic carbocycles. The van der Waals surface area contributed by atoms with E-state index in [0.717, 1.165) is 16.0 Å². The van der Waals surface area contributed by atoms with Crippen molar-refractivity contribution in [2.45, 2.75) is 33.4 Å². The van der Waals surface area contributed by atoms with E-state index >= 15 is 0 Å². The predicted octanol–water partition coefficient (Wildman–Crippen LogP) is 1.92. The van der Waals surface area contributed by atoms with E-state index in [1.165, 1.54) is 6.20 Å². The third kappa shape index (κ3) is 1.93. The number of rotatable bonds is 3. The first kappa shape index (κ1) is 13.4. The molecule has 3 rings (SSSR count). The lowest BCUT2D eigenvalue weighted by Crippen LogP contribution is -2.27. The van der Waals surface area contributed by atoms with Gasteiger partial charge in [-0.1, -0.05) is 0 Å². The molecular formula is C14H15N3O4. The lowest BCUT2D eigenvalue weighted by atomic mass is 10.3. The molecule has 0 aliphatic heterocycles. The summed E-state index contributed by atoms with van der Waals surface area (Å²) in [6.45, 7) is 5.30. The summed E-state index contributed by atoms with van der Waals surface area (Å²) in [5.41, 5.74) is 1.44. The Labute approximate surface area is 119 Å². The van der Waals surface area contributed by atoms with Gasteiger partial charge in [0.05, 0.1) is 17.1 Å². The standard InChI is InChI=1S/C14H15N3O4/c1-7(2)17-10-4-8(3)21-13(10)9-5-15-16(6-11(18)19)14(20)12(9)17/h4-5,7H,6H2,1-3H3,(H,18,19). The van der Waals surface area contributed by atoms with Gasteiger partial charge in [0.25, 0.3) is 5.56 Å². The highest BCUT2D eigenvalue weighted by Crippen LogP contribution is 2.31. The molecule has 0 amide bonds. The Morgan fingerprint density at radius 3 is 2.81 bits per heavy atom. The van der Waals surface area contributed by atoms with Gasteiger partial charge in [-0.25, -0.2) is 4.68 Å². The van der Waals surface area contributed by atoms with Crippen LogP contribution >= 0.6 is 0 Å². The van der Waals surface area contributed by atoms with Crippen molar-refractivity contribution in [1.82, 2.24) is 14.3 Å². The number of carboxylic acids is 1. The van der Waals surface area contributed by atoms with Crippen LogP contribution in [-0.2, 0) is 11.3 Å². The number of nitrogens with zero attached hydrogens (tertiary/aromatic N) is 3. The third-order valence-corrected chi connectivity index (χ3v) is 3.40. The van der Waals surface area contributed by atoms with Crippen LogP contribution in [0.1, 0.15) is 25.6 Å². The second-order valence-electron chi connectivity index (χ2n) is 5.30. The van der Waals surface area contributed by atoms with Gasteiger partial charge in [-0.3, -0.25) is 9.59 Å². The molecule has 3 aromatic rings. The second kappa shape index (κ2) is 4.47. The minimum absolute atomic E-state index is 0.0374. The second-order valence-corrected chi connectivity index (χ2v) is 5.30. The van der Waals surface area contributed by atoms with Crippen molar-refractivity contribution in [3.63, 3.8) is 0 Å². The van der Waals surface area contributed by atoms with E-state index in [1.807, 2.05) is 31.4 Å². The summed E-state index contributed by atoms with van der Waals surface area (Å²) in [5.74, 6) is -0.350. The highest BCUT2D eigenvalue weighted by molar-refractivity contribution is 6.04. The number of aliphatic carboxylic acids is 1. The average Bonchev–Trinajstić information content (AvgIpc) is 2.87. The average molecular weight is 289 g/mol. The van der Waals surface area contributed by atoms with Gasteiger partial charge < -0.3 is 14.1 Å². The van der Waals surface area contributed by atoms with Crippen LogP contribution < -0.4 is 5.56 Å². The van der Waals surface area contributed by atoms with Crippen molar-refractivity contribution < 1.29 is 14.3 Å². The number of aromatic nitrogens is 3. The molecule has 0 saturated heterocycles. The van der Waals surface area contributed by atoms with E-state index in [4.69, 9.17) is 9.52 Å². The van der Waals surface area contributed by atoms with E-state index < -0.39 is 18.1 Å². The molecule has 0 fully saturated rings. The van der Waals surface area contributed by atoms with Crippen molar-refractivity contribution in [3.05, 3.63) is 28.4 Å². The van der Waals surface area contributed by atoms with Crippen LogP contribution in [0.2, 0.25) is 0 Å². The highest BCUT2D eigenvalue weighted by Gasteiger charge is 2.21. The van der Waals surface area contributed by atoms with Crippen LogP contribution in [0.15, 0.2) is 21.5 Å². The maximum absolute atomic E-state index is 12.5. The number of aryl methyl sites for hydroxylation is 1. The summed E-state index contributed by atoms with van der Waals surface area (Å²) in [6, 6.07) is 1.91. The maximum atomic E-state index is 12.5. The van der Waals surface area contributed by atoms with Gasteiger partial charge in [0.15, 0.2) is 5.58 Å². The smallest absolute Gasteiger partial charge is 0.325 e. The molecule has 3 aromatic heterocycles. The SMILES string of the molecule is Cc1cc2c(o1)c1cnn(CC(=O)O)c(=O)c1n2C(C)C. The molecule has 0 unspecified atom stereocenters. The minimum atomic E-state index is -1.11. The molecule has 0 bridgehead atoms. The van der Waals surface area contributed by atoms with Gasteiger partial charge in [-0.15, -0.1) is 0 Å². The highest BCUT2D eigenvalue weighted by atomic mass is 16.4. The molecule has 110 valence electrons. The molecule has 0 aliphatic rings. The van der Waals surface area contributed by atoms with Crippen molar-refractivity contribution >= 4 is 28.0 Å². The van der Waals surface area contributed by atoms with Crippen molar-refractivity contribution in [1.29, 1.82) is 0 Å². The van der Waals surface area contributed by atoms with E-state index in [0.29, 0.717) is 16.5 Å². The predicted molar refractivity (Wildman–Crippen MR) is 76.5 cm³/mol. The Morgan fingerprint density at radius 2 is 2.19 bits per heavy atom. The maximum Gasteiger partial charge on any atom is 0.325 e. The molecule has 0 saturated carbocycles. The zero-order valence-corrected chi connectivity index (χ0v) is 12.0. The first-order chi connectivity index (χ1) is 9.90. The number of carboxylic acid groups (broad SMARTS) is 1. The van der Waals surface area contributed by atoms with Gasteiger partial charge in [0, 0.05) is 12.1 Å². The van der Waals surface area contributed by atoms with Crippen LogP contribution in [0.25, 0.3) is 22.0 Å². The van der Waals surface area contributed by atoms with Gasteiger partial charge >= 0.3 is 5.97 Å². The first-order valence-electron chi connectivity index (χ1n) is 6.62. The molecule has 7 heteroatoms. The quantitative estimate of drug-likeness (QED) is 0.795. The fraction of sp³-hybridized carbons (Fsp3) is 0.357. The van der Waals surface area contributed by atoms with Crippen LogP contribution in [0.5, 0.6) is 0 Å². The Hall–Kier alpha value is -2.57. The lowest BCUT2D eigenvalue weighted by molar-refractivity contribution is -0.137. The fourth-order valence-corrected chi connectivity index (χ4v) is 2.65.